The van der Waals surface area contributed by atoms with Gasteiger partial charge in [0.15, 0.2) is 0 Å². The van der Waals surface area contributed by atoms with Crippen molar-refractivity contribution in [3.8, 4) is 0 Å². The van der Waals surface area contributed by atoms with Gasteiger partial charge < -0.3 is 5.32 Å². The maximum absolute atomic E-state index is 3.36. The molecule has 1 N–H and O–H groups in total. The van der Waals surface area contributed by atoms with Gasteiger partial charge in [0.25, 0.3) is 0 Å². The summed E-state index contributed by atoms with van der Waals surface area (Å²) in [6, 6.07) is 0.518. The molecule has 0 aromatic rings. The van der Waals surface area contributed by atoms with Gasteiger partial charge in [-0.3, -0.25) is 0 Å². The van der Waals surface area contributed by atoms with Crippen molar-refractivity contribution in [3.05, 3.63) is 36.1 Å². The van der Waals surface area contributed by atoms with Crippen LogP contribution in [0.15, 0.2) is 36.1 Å². The molecule has 1 aliphatic rings. The molecular formula is C13H21N. The fraction of sp³-hybridized carbons (Fsp3) is 0.538. The van der Waals surface area contributed by atoms with Gasteiger partial charge in [0.2, 0.25) is 0 Å². The molecule has 1 nitrogen and oxygen atoms in total. The first-order chi connectivity index (χ1) is 6.74. The third kappa shape index (κ3) is 3.41. The Morgan fingerprint density at radius 2 is 2.21 bits per heavy atom. The smallest absolute Gasteiger partial charge is 0.0199 e. The van der Waals surface area contributed by atoms with Gasteiger partial charge in [-0.05, 0) is 25.8 Å². The molecule has 1 atom stereocenters. The minimum atomic E-state index is 0.518. The number of allylic oxidation sites excluding steroid dienone is 5. The lowest BCUT2D eigenvalue weighted by Gasteiger charge is -2.17. The molecule has 0 saturated carbocycles. The van der Waals surface area contributed by atoms with E-state index in [1.165, 1.54) is 18.4 Å². The minimum absolute atomic E-state index is 0.518. The summed E-state index contributed by atoms with van der Waals surface area (Å²) in [6.07, 6.45) is 13.4. The quantitative estimate of drug-likeness (QED) is 0.718. The van der Waals surface area contributed by atoms with E-state index in [9.17, 15) is 0 Å². The van der Waals surface area contributed by atoms with Gasteiger partial charge in [-0.15, -0.1) is 0 Å². The summed E-state index contributed by atoms with van der Waals surface area (Å²) in [5.74, 6) is 0.608. The number of rotatable bonds is 4. The zero-order chi connectivity index (χ0) is 10.4. The van der Waals surface area contributed by atoms with Crippen LogP contribution in [0, 0.1) is 5.92 Å². The van der Waals surface area contributed by atoms with Crippen molar-refractivity contribution in [3.63, 3.8) is 0 Å². The molecule has 0 bridgehead atoms. The van der Waals surface area contributed by atoms with Crippen LogP contribution in [0.4, 0.5) is 0 Å². The van der Waals surface area contributed by atoms with Gasteiger partial charge >= 0.3 is 0 Å². The van der Waals surface area contributed by atoms with E-state index < -0.39 is 0 Å². The predicted molar refractivity (Wildman–Crippen MR) is 63.0 cm³/mol. The van der Waals surface area contributed by atoms with E-state index in [0.29, 0.717) is 12.0 Å². The van der Waals surface area contributed by atoms with Crippen LogP contribution in [0.2, 0.25) is 0 Å². The van der Waals surface area contributed by atoms with Gasteiger partial charge in [-0.25, -0.2) is 0 Å². The van der Waals surface area contributed by atoms with Crippen molar-refractivity contribution in [2.75, 3.05) is 0 Å². The second-order valence-electron chi connectivity index (χ2n) is 4.10. The average Bonchev–Trinajstić information content (AvgIpc) is 2.17. The highest BCUT2D eigenvalue weighted by Gasteiger charge is 2.09. The molecule has 0 saturated heterocycles. The summed E-state index contributed by atoms with van der Waals surface area (Å²) in [5, 5.41) is 3.36. The highest BCUT2D eigenvalue weighted by Crippen LogP contribution is 2.22. The summed E-state index contributed by atoms with van der Waals surface area (Å²) in [6.45, 7) is 6.56. The van der Waals surface area contributed by atoms with E-state index in [4.69, 9.17) is 0 Å². The molecule has 14 heavy (non-hydrogen) atoms. The zero-order valence-corrected chi connectivity index (χ0v) is 9.46. The van der Waals surface area contributed by atoms with Gasteiger partial charge in [0.1, 0.15) is 0 Å². The average molecular weight is 191 g/mol. The summed E-state index contributed by atoms with van der Waals surface area (Å²) in [4.78, 5) is 0. The van der Waals surface area contributed by atoms with Crippen LogP contribution in [-0.4, -0.2) is 6.04 Å². The first kappa shape index (κ1) is 11.1. The fourth-order valence-electron chi connectivity index (χ4n) is 1.59. The summed E-state index contributed by atoms with van der Waals surface area (Å²) in [5.41, 5.74) is 1.41. The Morgan fingerprint density at radius 3 is 2.86 bits per heavy atom. The van der Waals surface area contributed by atoms with Crippen molar-refractivity contribution in [2.24, 2.45) is 5.92 Å². The Bertz CT molecular complexity index is 246. The maximum Gasteiger partial charge on any atom is 0.0199 e. The molecule has 0 heterocycles. The van der Waals surface area contributed by atoms with Crippen LogP contribution in [0.1, 0.15) is 33.6 Å². The van der Waals surface area contributed by atoms with E-state index in [-0.39, 0.29) is 0 Å². The van der Waals surface area contributed by atoms with Gasteiger partial charge in [-0.1, -0.05) is 37.6 Å². The highest BCUT2D eigenvalue weighted by atomic mass is 14.9. The molecule has 0 radical (unpaired) electrons. The Labute approximate surface area is 87.6 Å². The fourth-order valence-corrected chi connectivity index (χ4v) is 1.59. The zero-order valence-electron chi connectivity index (χ0n) is 9.46. The second-order valence-corrected chi connectivity index (χ2v) is 4.10. The Hall–Kier alpha value is -0.980. The molecule has 0 spiro atoms. The normalized spacial score (nSPS) is 23.4. The van der Waals surface area contributed by atoms with Crippen molar-refractivity contribution in [1.29, 1.82) is 0 Å². The summed E-state index contributed by atoms with van der Waals surface area (Å²) >= 11 is 0. The summed E-state index contributed by atoms with van der Waals surface area (Å²) in [7, 11) is 0. The second kappa shape index (κ2) is 5.69. The first-order valence-corrected chi connectivity index (χ1v) is 5.55. The first-order valence-electron chi connectivity index (χ1n) is 5.55. The van der Waals surface area contributed by atoms with E-state index in [1.54, 1.807) is 0 Å². The van der Waals surface area contributed by atoms with Gasteiger partial charge in [-0.2, -0.15) is 0 Å². The maximum atomic E-state index is 3.36. The monoisotopic (exact) mass is 191 g/mol. The van der Waals surface area contributed by atoms with E-state index in [2.05, 4.69) is 56.6 Å². The van der Waals surface area contributed by atoms with Crippen LogP contribution >= 0.6 is 0 Å². The van der Waals surface area contributed by atoms with Crippen LogP contribution in [-0.2, 0) is 0 Å². The topological polar surface area (TPSA) is 12.0 Å². The lowest BCUT2D eigenvalue weighted by Crippen LogP contribution is -2.17. The molecule has 1 unspecified atom stereocenters. The lowest BCUT2D eigenvalue weighted by atomic mass is 9.91. The molecule has 0 amide bonds. The van der Waals surface area contributed by atoms with Crippen molar-refractivity contribution >= 4 is 0 Å². The molecule has 0 aromatic heterocycles. The third-order valence-electron chi connectivity index (χ3n) is 2.35. The van der Waals surface area contributed by atoms with Crippen LogP contribution in [0.3, 0.4) is 0 Å². The molecule has 1 aliphatic carbocycles. The van der Waals surface area contributed by atoms with Gasteiger partial charge in [0, 0.05) is 18.2 Å². The van der Waals surface area contributed by atoms with E-state index in [1.807, 2.05) is 0 Å². The molecule has 1 rings (SSSR count). The highest BCUT2D eigenvalue weighted by molar-refractivity contribution is 5.32. The largest absolute Gasteiger partial charge is 0.388 e. The number of nitrogens with one attached hydrogen (secondary N) is 1. The van der Waals surface area contributed by atoms with Crippen molar-refractivity contribution in [1.82, 2.24) is 5.32 Å². The van der Waals surface area contributed by atoms with Crippen LogP contribution in [0.5, 0.6) is 0 Å². The molecule has 0 fully saturated rings. The van der Waals surface area contributed by atoms with E-state index in [0.717, 1.165) is 0 Å². The molecule has 0 aliphatic heterocycles. The Balaban J connectivity index is 2.60. The molecule has 0 aromatic carbocycles. The van der Waals surface area contributed by atoms with Gasteiger partial charge in [0.05, 0.1) is 0 Å². The molecule has 1 heteroatoms. The Morgan fingerprint density at radius 1 is 1.43 bits per heavy atom. The number of hydrogen-bond donors (Lipinski definition) is 1. The number of hydrogen-bond acceptors (Lipinski definition) is 1. The Kier molecular flexibility index (Phi) is 4.51. The van der Waals surface area contributed by atoms with Crippen molar-refractivity contribution < 1.29 is 0 Å². The minimum Gasteiger partial charge on any atom is -0.388 e. The van der Waals surface area contributed by atoms with Crippen LogP contribution in [0.25, 0.3) is 0 Å². The standard InChI is InChI=1S/C13H21N/c1-4-7-12-8-5-6-9-13(12)10-14-11(2)3/h5-6,8-12,14H,4,7H2,1-3H3/b13-10-. The SMILES string of the molecule is CCCC1C=CC=C/C1=C/NC(C)C. The molecule has 78 valence electrons. The van der Waals surface area contributed by atoms with Crippen LogP contribution < -0.4 is 5.32 Å². The third-order valence-corrected chi connectivity index (χ3v) is 2.35. The summed E-state index contributed by atoms with van der Waals surface area (Å²) < 4.78 is 0. The van der Waals surface area contributed by atoms with Crippen molar-refractivity contribution in [2.45, 2.75) is 39.7 Å². The van der Waals surface area contributed by atoms with E-state index >= 15 is 0 Å². The predicted octanol–water partition coefficient (Wildman–Crippen LogP) is 3.41. The lowest BCUT2D eigenvalue weighted by molar-refractivity contribution is 0.645. The molecular weight excluding hydrogens is 170 g/mol.